The molecule has 1 aromatic carbocycles. The van der Waals surface area contributed by atoms with E-state index in [0.717, 1.165) is 28.9 Å². The summed E-state index contributed by atoms with van der Waals surface area (Å²) in [5.41, 5.74) is 1.32. The summed E-state index contributed by atoms with van der Waals surface area (Å²) in [4.78, 5) is 12.2. The summed E-state index contributed by atoms with van der Waals surface area (Å²) in [7, 11) is 1.61. The third kappa shape index (κ3) is 2.98. The molecule has 1 fully saturated rings. The number of nitrogens with one attached hydrogen (secondary N) is 1. The first-order valence-electron chi connectivity index (χ1n) is 6.65. The summed E-state index contributed by atoms with van der Waals surface area (Å²) < 4.78 is 7.77. The molecule has 0 saturated carbocycles. The van der Waals surface area contributed by atoms with Crippen molar-refractivity contribution in [2.24, 2.45) is 0 Å². The van der Waals surface area contributed by atoms with Gasteiger partial charge in [0.05, 0.1) is 23.8 Å². The van der Waals surface area contributed by atoms with E-state index >= 15 is 0 Å². The van der Waals surface area contributed by atoms with Crippen LogP contribution in [0.3, 0.4) is 0 Å². The number of benzene rings is 1. The molecule has 1 aliphatic heterocycles. The fraction of sp³-hybridized carbons (Fsp3) is 0.357. The van der Waals surface area contributed by atoms with Crippen LogP contribution in [-0.2, 0) is 6.42 Å². The van der Waals surface area contributed by atoms with Gasteiger partial charge in [-0.3, -0.25) is 4.79 Å². The molecule has 0 atom stereocenters. The normalized spacial score (nSPS) is 14.8. The van der Waals surface area contributed by atoms with Crippen LogP contribution in [-0.4, -0.2) is 41.0 Å². The summed E-state index contributed by atoms with van der Waals surface area (Å²) in [5, 5.41) is 11.2. The number of methoxy groups -OCH3 is 1. The lowest BCUT2D eigenvalue weighted by atomic mass is 10.1. The lowest BCUT2D eigenvalue weighted by Crippen LogP contribution is -2.43. The molecule has 1 aromatic heterocycles. The van der Waals surface area contributed by atoms with Crippen molar-refractivity contribution in [1.29, 1.82) is 0 Å². The fourth-order valence-electron chi connectivity index (χ4n) is 2.14. The Morgan fingerprint density at radius 2 is 2.33 bits per heavy atom. The number of carbonyl (C=O) groups is 1. The third-order valence-corrected chi connectivity index (χ3v) is 4.13. The number of ketones is 1. The van der Waals surface area contributed by atoms with Gasteiger partial charge in [0.25, 0.3) is 0 Å². The van der Waals surface area contributed by atoms with E-state index in [0.29, 0.717) is 18.2 Å². The second kappa shape index (κ2) is 5.95. The minimum Gasteiger partial charge on any atom is -0.496 e. The molecule has 7 heteroatoms. The van der Waals surface area contributed by atoms with Gasteiger partial charge in [-0.25, -0.2) is 4.68 Å². The first-order valence-corrected chi connectivity index (χ1v) is 7.45. The van der Waals surface area contributed by atoms with Crippen LogP contribution >= 0.6 is 15.9 Å². The second-order valence-electron chi connectivity index (χ2n) is 4.96. The van der Waals surface area contributed by atoms with Gasteiger partial charge in [-0.15, -0.1) is 5.10 Å². The molecule has 1 N–H and O–H groups in total. The highest BCUT2D eigenvalue weighted by Gasteiger charge is 2.21. The quantitative estimate of drug-likeness (QED) is 0.829. The molecule has 0 unspecified atom stereocenters. The fourth-order valence-corrected chi connectivity index (χ4v) is 2.73. The van der Waals surface area contributed by atoms with Crippen LogP contribution in [0.4, 0.5) is 0 Å². The maximum absolute atomic E-state index is 12.2. The van der Waals surface area contributed by atoms with Crippen molar-refractivity contribution < 1.29 is 9.53 Å². The summed E-state index contributed by atoms with van der Waals surface area (Å²) >= 11 is 3.42. The molecule has 3 rings (SSSR count). The average Bonchev–Trinajstić information content (AvgIpc) is 2.86. The zero-order chi connectivity index (χ0) is 14.8. The standard InChI is InChI=1S/C14H15BrN4O2/c1-21-14-3-2-9(4-11(14)15)5-13(20)12-8-19(18-17-12)10-6-16-7-10/h2-4,8,10,16H,5-7H2,1H3. The van der Waals surface area contributed by atoms with E-state index in [1.54, 1.807) is 18.0 Å². The summed E-state index contributed by atoms with van der Waals surface area (Å²) in [6.45, 7) is 1.75. The van der Waals surface area contributed by atoms with Gasteiger partial charge in [0.1, 0.15) is 11.4 Å². The Morgan fingerprint density at radius 1 is 1.52 bits per heavy atom. The van der Waals surface area contributed by atoms with E-state index in [9.17, 15) is 4.79 Å². The Bertz CT molecular complexity index is 667. The van der Waals surface area contributed by atoms with Crippen LogP contribution in [0, 0.1) is 0 Å². The molecule has 21 heavy (non-hydrogen) atoms. The highest BCUT2D eigenvalue weighted by atomic mass is 79.9. The van der Waals surface area contributed by atoms with Crippen molar-refractivity contribution >= 4 is 21.7 Å². The number of Topliss-reactive ketones (excluding diaryl/α,β-unsaturated/α-hetero) is 1. The second-order valence-corrected chi connectivity index (χ2v) is 5.82. The molecule has 0 radical (unpaired) electrons. The highest BCUT2D eigenvalue weighted by molar-refractivity contribution is 9.10. The highest BCUT2D eigenvalue weighted by Crippen LogP contribution is 2.26. The van der Waals surface area contributed by atoms with Crippen molar-refractivity contribution in [3.8, 4) is 5.75 Å². The first-order chi connectivity index (χ1) is 10.2. The number of carbonyl (C=O) groups excluding carboxylic acids is 1. The number of nitrogens with zero attached hydrogens (tertiary/aromatic N) is 3. The van der Waals surface area contributed by atoms with Crippen molar-refractivity contribution in [3.63, 3.8) is 0 Å². The van der Waals surface area contributed by atoms with E-state index in [-0.39, 0.29) is 5.78 Å². The monoisotopic (exact) mass is 350 g/mol. The van der Waals surface area contributed by atoms with Gasteiger partial charge < -0.3 is 10.1 Å². The molecule has 0 amide bonds. The Morgan fingerprint density at radius 3 is 2.95 bits per heavy atom. The maximum Gasteiger partial charge on any atom is 0.189 e. The van der Waals surface area contributed by atoms with Crippen LogP contribution in [0.25, 0.3) is 0 Å². The van der Waals surface area contributed by atoms with Crippen LogP contribution in [0.1, 0.15) is 22.1 Å². The zero-order valence-corrected chi connectivity index (χ0v) is 13.1. The molecule has 2 aromatic rings. The Hall–Kier alpha value is -1.73. The Kier molecular flexibility index (Phi) is 4.03. The predicted molar refractivity (Wildman–Crippen MR) is 80.7 cm³/mol. The topological polar surface area (TPSA) is 69.0 Å². The van der Waals surface area contributed by atoms with Gasteiger partial charge in [-0.2, -0.15) is 0 Å². The SMILES string of the molecule is COc1ccc(CC(=O)c2cn(C3CNC3)nn2)cc1Br. The van der Waals surface area contributed by atoms with Gasteiger partial charge in [-0.05, 0) is 33.6 Å². The van der Waals surface area contributed by atoms with Gasteiger partial charge in [-0.1, -0.05) is 11.3 Å². The molecule has 0 spiro atoms. The van der Waals surface area contributed by atoms with E-state index in [1.165, 1.54) is 0 Å². The zero-order valence-electron chi connectivity index (χ0n) is 11.5. The average molecular weight is 351 g/mol. The maximum atomic E-state index is 12.2. The van der Waals surface area contributed by atoms with E-state index in [2.05, 4.69) is 31.6 Å². The molecule has 6 nitrogen and oxygen atoms in total. The van der Waals surface area contributed by atoms with E-state index in [4.69, 9.17) is 4.74 Å². The minimum atomic E-state index is -0.0365. The van der Waals surface area contributed by atoms with Gasteiger partial charge >= 0.3 is 0 Å². The largest absolute Gasteiger partial charge is 0.496 e. The summed E-state index contributed by atoms with van der Waals surface area (Å²) in [6.07, 6.45) is 2.02. The molecule has 110 valence electrons. The van der Waals surface area contributed by atoms with Crippen LogP contribution in [0.15, 0.2) is 28.9 Å². The number of halogens is 1. The van der Waals surface area contributed by atoms with Crippen LogP contribution in [0.2, 0.25) is 0 Å². The molecular weight excluding hydrogens is 336 g/mol. The molecule has 0 bridgehead atoms. The van der Waals surface area contributed by atoms with E-state index in [1.807, 2.05) is 18.2 Å². The molecule has 0 aliphatic carbocycles. The number of rotatable bonds is 5. The van der Waals surface area contributed by atoms with Crippen molar-refractivity contribution in [3.05, 3.63) is 40.1 Å². The minimum absolute atomic E-state index is 0.0365. The molecule has 1 aliphatic rings. The van der Waals surface area contributed by atoms with Crippen LogP contribution < -0.4 is 10.1 Å². The number of aromatic nitrogens is 3. The lowest BCUT2D eigenvalue weighted by molar-refractivity contribution is 0.0988. The summed E-state index contributed by atoms with van der Waals surface area (Å²) in [6, 6.07) is 5.91. The van der Waals surface area contributed by atoms with E-state index < -0.39 is 0 Å². The lowest BCUT2D eigenvalue weighted by Gasteiger charge is -2.26. The Balaban J connectivity index is 1.70. The van der Waals surface area contributed by atoms with Gasteiger partial charge in [0, 0.05) is 19.5 Å². The van der Waals surface area contributed by atoms with Crippen molar-refractivity contribution in [1.82, 2.24) is 20.3 Å². The Labute approximate surface area is 130 Å². The number of hydrogen-bond acceptors (Lipinski definition) is 5. The predicted octanol–water partition coefficient (Wildman–Crippen LogP) is 1.62. The third-order valence-electron chi connectivity index (χ3n) is 3.51. The summed E-state index contributed by atoms with van der Waals surface area (Å²) in [5.74, 6) is 0.709. The van der Waals surface area contributed by atoms with Gasteiger partial charge in [0.2, 0.25) is 0 Å². The molecule has 1 saturated heterocycles. The number of hydrogen-bond donors (Lipinski definition) is 1. The van der Waals surface area contributed by atoms with Crippen molar-refractivity contribution in [2.45, 2.75) is 12.5 Å². The first kappa shape index (κ1) is 14.2. The molecular formula is C14H15BrN4O2. The molecule has 2 heterocycles. The smallest absolute Gasteiger partial charge is 0.189 e. The van der Waals surface area contributed by atoms with Crippen molar-refractivity contribution in [2.75, 3.05) is 20.2 Å². The number of ether oxygens (including phenoxy) is 1. The van der Waals surface area contributed by atoms with Gasteiger partial charge in [0.15, 0.2) is 5.78 Å². The van der Waals surface area contributed by atoms with Crippen LogP contribution in [0.5, 0.6) is 5.75 Å².